The van der Waals surface area contributed by atoms with Gasteiger partial charge in [0.15, 0.2) is 0 Å². The van der Waals surface area contributed by atoms with E-state index in [0.29, 0.717) is 54.7 Å². The maximum Gasteiger partial charge on any atom is 0.226 e. The molecule has 5 atom stereocenters. The van der Waals surface area contributed by atoms with Crippen LogP contribution in [0.3, 0.4) is 0 Å². The number of anilines is 2. The molecule has 34 heavy (non-hydrogen) atoms. The Bertz CT molecular complexity index is 1030. The molecule has 0 amide bonds. The van der Waals surface area contributed by atoms with E-state index < -0.39 is 30.3 Å². The number of aryl methyl sites for hydroxylation is 1. The van der Waals surface area contributed by atoms with E-state index in [1.807, 2.05) is 13.0 Å². The van der Waals surface area contributed by atoms with Crippen molar-refractivity contribution in [1.29, 1.82) is 0 Å². The fourth-order valence-corrected chi connectivity index (χ4v) is 4.75. The lowest BCUT2D eigenvalue weighted by Gasteiger charge is -2.23. The molecular formula is C22H30ClN5O6. The second kappa shape index (κ2) is 10.4. The molecule has 1 aliphatic carbocycles. The molecule has 2 aromatic rings. The van der Waals surface area contributed by atoms with E-state index in [0.717, 1.165) is 5.56 Å². The fourth-order valence-electron chi connectivity index (χ4n) is 4.46. The molecule has 0 saturated heterocycles. The van der Waals surface area contributed by atoms with Gasteiger partial charge in [0.1, 0.15) is 28.9 Å². The Morgan fingerprint density at radius 3 is 2.68 bits per heavy atom. The minimum Gasteiger partial charge on any atom is -0.483 e. The molecule has 2 aromatic heterocycles. The quantitative estimate of drug-likeness (QED) is 0.251. The maximum atomic E-state index is 10.5. The molecule has 1 fully saturated rings. The molecule has 0 radical (unpaired) electrons. The van der Waals surface area contributed by atoms with Crippen molar-refractivity contribution in [2.24, 2.45) is 5.92 Å². The SMILES string of the molecule is COCCNc1nc(Cl)c(C2Cc3cc(OC)nc(C)c3O2)c(N[C@@H]2C[C@H](CO)[C@@H](O)[C@H]2O)n1. The van der Waals surface area contributed by atoms with Crippen LogP contribution in [-0.2, 0) is 11.2 Å². The third-order valence-electron chi connectivity index (χ3n) is 6.24. The van der Waals surface area contributed by atoms with Gasteiger partial charge in [-0.25, -0.2) is 9.97 Å². The van der Waals surface area contributed by atoms with Crippen molar-refractivity contribution in [3.05, 3.63) is 28.0 Å². The molecule has 1 unspecified atom stereocenters. The monoisotopic (exact) mass is 495 g/mol. The first-order valence-corrected chi connectivity index (χ1v) is 11.5. The molecule has 0 aromatic carbocycles. The first-order valence-electron chi connectivity index (χ1n) is 11.1. The number of nitrogens with one attached hydrogen (secondary N) is 2. The van der Waals surface area contributed by atoms with Gasteiger partial charge in [-0.15, -0.1) is 0 Å². The Hall–Kier alpha value is -2.44. The van der Waals surface area contributed by atoms with Crippen LogP contribution in [0.15, 0.2) is 6.07 Å². The molecule has 5 N–H and O–H groups in total. The Morgan fingerprint density at radius 2 is 2.00 bits per heavy atom. The smallest absolute Gasteiger partial charge is 0.226 e. The largest absolute Gasteiger partial charge is 0.483 e. The second-order valence-corrected chi connectivity index (χ2v) is 8.84. The molecule has 3 heterocycles. The molecule has 12 heteroatoms. The summed E-state index contributed by atoms with van der Waals surface area (Å²) in [5.41, 5.74) is 2.15. The van der Waals surface area contributed by atoms with Crippen LogP contribution >= 0.6 is 11.6 Å². The highest BCUT2D eigenvalue weighted by Crippen LogP contribution is 2.44. The number of pyridine rings is 1. The summed E-state index contributed by atoms with van der Waals surface area (Å²) in [5.74, 6) is 1.38. The van der Waals surface area contributed by atoms with E-state index in [-0.39, 0.29) is 17.7 Å². The second-order valence-electron chi connectivity index (χ2n) is 8.48. The molecule has 0 bridgehead atoms. The fraction of sp³-hybridized carbons (Fsp3) is 0.591. The van der Waals surface area contributed by atoms with Crippen LogP contribution in [0.4, 0.5) is 11.8 Å². The van der Waals surface area contributed by atoms with Gasteiger partial charge in [-0.3, -0.25) is 0 Å². The van der Waals surface area contributed by atoms with Crippen molar-refractivity contribution < 1.29 is 29.5 Å². The zero-order chi connectivity index (χ0) is 24.4. The number of rotatable bonds is 9. The summed E-state index contributed by atoms with van der Waals surface area (Å²) >= 11 is 6.64. The normalized spacial score (nSPS) is 25.7. The lowest BCUT2D eigenvalue weighted by Crippen LogP contribution is -2.36. The van der Waals surface area contributed by atoms with E-state index in [4.69, 9.17) is 25.8 Å². The summed E-state index contributed by atoms with van der Waals surface area (Å²) in [5, 5.41) is 36.8. The van der Waals surface area contributed by atoms with E-state index in [2.05, 4.69) is 25.6 Å². The highest BCUT2D eigenvalue weighted by Gasteiger charge is 2.42. The molecule has 1 saturated carbocycles. The van der Waals surface area contributed by atoms with Gasteiger partial charge in [0, 0.05) is 44.2 Å². The van der Waals surface area contributed by atoms with Crippen molar-refractivity contribution >= 4 is 23.4 Å². The lowest BCUT2D eigenvalue weighted by molar-refractivity contribution is 0.00444. The van der Waals surface area contributed by atoms with Crippen molar-refractivity contribution in [3.63, 3.8) is 0 Å². The third-order valence-corrected chi connectivity index (χ3v) is 6.53. The number of hydrogen-bond donors (Lipinski definition) is 5. The lowest BCUT2D eigenvalue weighted by atomic mass is 10.0. The van der Waals surface area contributed by atoms with Crippen molar-refractivity contribution in [1.82, 2.24) is 15.0 Å². The number of nitrogens with zero attached hydrogens (tertiary/aromatic N) is 3. The number of methoxy groups -OCH3 is 2. The van der Waals surface area contributed by atoms with E-state index >= 15 is 0 Å². The first-order chi connectivity index (χ1) is 16.4. The number of fused-ring (bicyclic) bond motifs is 1. The predicted molar refractivity (Wildman–Crippen MR) is 125 cm³/mol. The van der Waals surface area contributed by atoms with Crippen LogP contribution in [0.2, 0.25) is 5.15 Å². The number of ether oxygens (including phenoxy) is 3. The summed E-state index contributed by atoms with van der Waals surface area (Å²) in [4.78, 5) is 13.4. The number of aliphatic hydroxyl groups is 3. The summed E-state index contributed by atoms with van der Waals surface area (Å²) in [7, 11) is 3.15. The topological polar surface area (TPSA) is 151 Å². The highest BCUT2D eigenvalue weighted by molar-refractivity contribution is 6.30. The van der Waals surface area contributed by atoms with Gasteiger partial charge in [0.2, 0.25) is 11.8 Å². The first kappa shape index (κ1) is 24.7. The molecule has 2 aliphatic rings. The van der Waals surface area contributed by atoms with Crippen LogP contribution < -0.4 is 20.1 Å². The average Bonchev–Trinajstić information content (AvgIpc) is 3.35. The van der Waals surface area contributed by atoms with Gasteiger partial charge in [-0.1, -0.05) is 11.6 Å². The zero-order valence-electron chi connectivity index (χ0n) is 19.3. The molecule has 0 spiro atoms. The summed E-state index contributed by atoms with van der Waals surface area (Å²) in [6.07, 6.45) is -1.77. The van der Waals surface area contributed by atoms with Crippen molar-refractivity contribution in [3.8, 4) is 11.6 Å². The van der Waals surface area contributed by atoms with Gasteiger partial charge in [-0.2, -0.15) is 4.98 Å². The van der Waals surface area contributed by atoms with Crippen LogP contribution in [0.1, 0.15) is 29.3 Å². The van der Waals surface area contributed by atoms with E-state index in [9.17, 15) is 15.3 Å². The van der Waals surface area contributed by atoms with E-state index in [1.165, 1.54) is 0 Å². The number of aromatic nitrogens is 3. The Balaban J connectivity index is 1.67. The third kappa shape index (κ3) is 4.84. The average molecular weight is 496 g/mol. The van der Waals surface area contributed by atoms with Crippen LogP contribution in [0.5, 0.6) is 11.6 Å². The van der Waals surface area contributed by atoms with Gasteiger partial charge in [0.05, 0.1) is 37.1 Å². The van der Waals surface area contributed by atoms with Crippen molar-refractivity contribution in [2.75, 3.05) is 44.6 Å². The Labute approximate surface area is 202 Å². The number of halogens is 1. The van der Waals surface area contributed by atoms with Crippen LogP contribution in [0, 0.1) is 12.8 Å². The predicted octanol–water partition coefficient (Wildman–Crippen LogP) is 1.09. The standard InChI is InChI=1S/C22H30ClN5O6/c1-10-19-11(8-15(25-10)33-3)7-14(34-19)16-20(23)27-22(24-4-5-32-2)28-21(16)26-13-6-12(9-29)17(30)18(13)31/h8,12-14,17-18,29-31H,4-7,9H2,1-3H3,(H2,24,26,27,28)/t12-,13-,14?,17-,18+/m1/s1. The molecular weight excluding hydrogens is 466 g/mol. The Kier molecular flexibility index (Phi) is 7.58. The summed E-state index contributed by atoms with van der Waals surface area (Å²) < 4.78 is 16.6. The minimum absolute atomic E-state index is 0.194. The van der Waals surface area contributed by atoms with Gasteiger partial charge in [-0.05, 0) is 13.3 Å². The van der Waals surface area contributed by atoms with Crippen LogP contribution in [0.25, 0.3) is 0 Å². The molecule has 11 nitrogen and oxygen atoms in total. The van der Waals surface area contributed by atoms with Gasteiger partial charge < -0.3 is 40.2 Å². The molecule has 186 valence electrons. The minimum atomic E-state index is -1.08. The zero-order valence-corrected chi connectivity index (χ0v) is 20.0. The van der Waals surface area contributed by atoms with E-state index in [1.54, 1.807) is 14.2 Å². The van der Waals surface area contributed by atoms with Gasteiger partial charge >= 0.3 is 0 Å². The Morgan fingerprint density at radius 1 is 1.21 bits per heavy atom. The van der Waals surface area contributed by atoms with Gasteiger partial charge in [0.25, 0.3) is 0 Å². The number of hydrogen-bond acceptors (Lipinski definition) is 11. The summed E-state index contributed by atoms with van der Waals surface area (Å²) in [6.45, 7) is 2.53. The maximum absolute atomic E-state index is 10.5. The number of aliphatic hydroxyl groups excluding tert-OH is 3. The van der Waals surface area contributed by atoms with Crippen LogP contribution in [-0.4, -0.2) is 82.5 Å². The summed E-state index contributed by atoms with van der Waals surface area (Å²) in [6, 6.07) is 1.28. The molecule has 1 aliphatic heterocycles. The van der Waals surface area contributed by atoms with Crippen molar-refractivity contribution in [2.45, 2.75) is 44.1 Å². The highest BCUT2D eigenvalue weighted by atomic mass is 35.5. The molecule has 4 rings (SSSR count).